The van der Waals surface area contributed by atoms with Crippen LogP contribution in [0.1, 0.15) is 58.1 Å². The van der Waals surface area contributed by atoms with Crippen molar-refractivity contribution in [3.63, 3.8) is 0 Å². The highest BCUT2D eigenvalue weighted by Crippen LogP contribution is 2.25. The third-order valence-corrected chi connectivity index (χ3v) is 7.22. The topological polar surface area (TPSA) is 75.7 Å². The lowest BCUT2D eigenvalue weighted by Gasteiger charge is -2.23. The van der Waals surface area contributed by atoms with Crippen molar-refractivity contribution in [3.8, 4) is 5.75 Å². The van der Waals surface area contributed by atoms with Gasteiger partial charge in [-0.15, -0.1) is 0 Å². The van der Waals surface area contributed by atoms with E-state index in [1.165, 1.54) is 21.7 Å². The number of carbonyl (C=O) groups is 1. The van der Waals surface area contributed by atoms with E-state index in [4.69, 9.17) is 4.74 Å². The largest absolute Gasteiger partial charge is 0.494 e. The minimum absolute atomic E-state index is 0.137. The van der Waals surface area contributed by atoms with E-state index in [9.17, 15) is 13.2 Å². The molecule has 0 radical (unpaired) electrons. The molecule has 0 aromatic heterocycles. The summed E-state index contributed by atoms with van der Waals surface area (Å²) in [6.45, 7) is 10.8. The molecule has 6 nitrogen and oxygen atoms in total. The monoisotopic (exact) mass is 494 g/mol. The fourth-order valence-corrected chi connectivity index (χ4v) is 4.90. The van der Waals surface area contributed by atoms with E-state index in [-0.39, 0.29) is 18.5 Å². The quantitative estimate of drug-likeness (QED) is 0.428. The third kappa shape index (κ3) is 6.63. The van der Waals surface area contributed by atoms with Gasteiger partial charge in [-0.1, -0.05) is 24.3 Å². The summed E-state index contributed by atoms with van der Waals surface area (Å²) in [5.74, 6) is 0.512. The van der Waals surface area contributed by atoms with Crippen LogP contribution in [0.4, 0.5) is 5.69 Å². The summed E-state index contributed by atoms with van der Waals surface area (Å²) in [5, 5.41) is 3.07. The summed E-state index contributed by atoms with van der Waals surface area (Å²) < 4.78 is 31.7. The lowest BCUT2D eigenvalue weighted by atomic mass is 9.96. The van der Waals surface area contributed by atoms with Crippen LogP contribution in [0.3, 0.4) is 0 Å². The minimum Gasteiger partial charge on any atom is -0.494 e. The summed E-state index contributed by atoms with van der Waals surface area (Å²) >= 11 is 0. The molecular formula is C28H34N2O4S. The number of sulfonamides is 1. The molecule has 1 unspecified atom stereocenters. The van der Waals surface area contributed by atoms with E-state index in [2.05, 4.69) is 38.2 Å². The van der Waals surface area contributed by atoms with E-state index in [1.54, 1.807) is 48.5 Å². The number of hydrogen-bond acceptors (Lipinski definition) is 4. The van der Waals surface area contributed by atoms with Crippen molar-refractivity contribution in [2.45, 2.75) is 47.2 Å². The predicted octanol–water partition coefficient (Wildman–Crippen LogP) is 5.47. The molecule has 0 saturated carbocycles. The Hall–Kier alpha value is -3.32. The predicted molar refractivity (Wildman–Crippen MR) is 142 cm³/mol. The first-order valence-electron chi connectivity index (χ1n) is 11.7. The Morgan fingerprint density at radius 2 is 1.54 bits per heavy atom. The Bertz CT molecular complexity index is 1280. The highest BCUT2D eigenvalue weighted by molar-refractivity contribution is 7.92. The van der Waals surface area contributed by atoms with Crippen LogP contribution in [0.5, 0.6) is 5.75 Å². The molecule has 0 saturated heterocycles. The van der Waals surface area contributed by atoms with Crippen molar-refractivity contribution in [2.24, 2.45) is 0 Å². The van der Waals surface area contributed by atoms with E-state index in [1.807, 2.05) is 13.8 Å². The molecule has 1 atom stereocenters. The summed E-state index contributed by atoms with van der Waals surface area (Å²) in [5.41, 5.74) is 6.51. The molecule has 0 aliphatic rings. The molecule has 35 heavy (non-hydrogen) atoms. The number of benzene rings is 3. The van der Waals surface area contributed by atoms with E-state index < -0.39 is 10.0 Å². The van der Waals surface area contributed by atoms with Gasteiger partial charge >= 0.3 is 0 Å². The molecule has 0 heterocycles. The van der Waals surface area contributed by atoms with Crippen LogP contribution in [0, 0.1) is 20.8 Å². The maximum atomic E-state index is 12.9. The van der Waals surface area contributed by atoms with Gasteiger partial charge < -0.3 is 10.1 Å². The molecule has 0 spiro atoms. The molecule has 1 N–H and O–H groups in total. The molecule has 3 rings (SSSR count). The Morgan fingerprint density at radius 1 is 0.943 bits per heavy atom. The number of ether oxygens (including phenoxy) is 1. The second-order valence-corrected chi connectivity index (χ2v) is 10.8. The van der Waals surface area contributed by atoms with Gasteiger partial charge in [0.1, 0.15) is 5.75 Å². The SMILES string of the molecule is CCOc1ccc(N(Cc2ccc(C(=O)NC(C)c3cc(C)c(C)cc3C)cc2)S(C)(=O)=O)cc1. The van der Waals surface area contributed by atoms with Crippen LogP contribution in [-0.4, -0.2) is 27.2 Å². The number of carbonyl (C=O) groups excluding carboxylic acids is 1. The summed E-state index contributed by atoms with van der Waals surface area (Å²) in [6.07, 6.45) is 1.18. The standard InChI is InChI=1S/C28H34N2O4S/c1-7-34-26-14-12-25(13-15-26)30(35(6,32)33)18-23-8-10-24(11-9-23)28(31)29-22(5)27-17-20(3)19(2)16-21(27)4/h8-17,22H,7,18H2,1-6H3,(H,29,31). The summed E-state index contributed by atoms with van der Waals surface area (Å²) in [7, 11) is -3.51. The average Bonchev–Trinajstić information content (AvgIpc) is 2.80. The molecule has 0 aliphatic carbocycles. The first-order valence-corrected chi connectivity index (χ1v) is 13.5. The number of anilines is 1. The zero-order valence-electron chi connectivity index (χ0n) is 21.3. The van der Waals surface area contributed by atoms with Gasteiger partial charge in [-0.25, -0.2) is 8.42 Å². The molecule has 0 aliphatic heterocycles. The zero-order valence-corrected chi connectivity index (χ0v) is 22.1. The number of rotatable bonds is 9. The smallest absolute Gasteiger partial charge is 0.251 e. The average molecular weight is 495 g/mol. The summed E-state index contributed by atoms with van der Waals surface area (Å²) in [6, 6.07) is 18.1. The minimum atomic E-state index is -3.51. The first kappa shape index (κ1) is 26.3. The van der Waals surface area contributed by atoms with Crippen molar-refractivity contribution in [1.82, 2.24) is 5.32 Å². The van der Waals surface area contributed by atoms with Crippen molar-refractivity contribution >= 4 is 21.6 Å². The van der Waals surface area contributed by atoms with E-state index >= 15 is 0 Å². The molecule has 186 valence electrons. The zero-order chi connectivity index (χ0) is 25.8. The maximum absolute atomic E-state index is 12.9. The van der Waals surface area contributed by atoms with Gasteiger partial charge in [0, 0.05) is 5.56 Å². The fourth-order valence-electron chi connectivity index (χ4n) is 4.01. The Kier molecular flexibility index (Phi) is 8.22. The third-order valence-electron chi connectivity index (χ3n) is 6.07. The van der Waals surface area contributed by atoms with Gasteiger partial charge in [0.2, 0.25) is 10.0 Å². The Balaban J connectivity index is 1.73. The molecular weight excluding hydrogens is 460 g/mol. The van der Waals surface area contributed by atoms with Gasteiger partial charge in [0.05, 0.1) is 31.1 Å². The molecule has 3 aromatic rings. The van der Waals surface area contributed by atoms with Gasteiger partial charge in [-0.3, -0.25) is 9.10 Å². The lowest BCUT2D eigenvalue weighted by Crippen LogP contribution is -2.29. The normalized spacial score (nSPS) is 12.2. The number of nitrogens with one attached hydrogen (secondary N) is 1. The number of aryl methyl sites for hydroxylation is 3. The molecule has 3 aromatic carbocycles. The van der Waals surface area contributed by atoms with Crippen molar-refractivity contribution < 1.29 is 17.9 Å². The number of amides is 1. The Labute approximate surface area is 209 Å². The number of hydrogen-bond donors (Lipinski definition) is 1. The molecule has 1 amide bonds. The highest BCUT2D eigenvalue weighted by atomic mass is 32.2. The van der Waals surface area contributed by atoms with Crippen LogP contribution in [0.2, 0.25) is 0 Å². The van der Waals surface area contributed by atoms with E-state index in [0.29, 0.717) is 23.6 Å². The van der Waals surface area contributed by atoms with Crippen LogP contribution >= 0.6 is 0 Å². The summed E-state index contributed by atoms with van der Waals surface area (Å²) in [4.78, 5) is 12.9. The van der Waals surface area contributed by atoms with Crippen molar-refractivity contribution in [2.75, 3.05) is 17.2 Å². The van der Waals surface area contributed by atoms with Crippen LogP contribution < -0.4 is 14.4 Å². The van der Waals surface area contributed by atoms with Gasteiger partial charge in [0.15, 0.2) is 0 Å². The van der Waals surface area contributed by atoms with Crippen LogP contribution in [0.25, 0.3) is 0 Å². The fraction of sp³-hybridized carbons (Fsp3) is 0.321. The maximum Gasteiger partial charge on any atom is 0.251 e. The molecule has 0 fully saturated rings. The number of nitrogens with zero attached hydrogens (tertiary/aromatic N) is 1. The van der Waals surface area contributed by atoms with Crippen LogP contribution in [0.15, 0.2) is 60.7 Å². The second-order valence-electron chi connectivity index (χ2n) is 8.88. The Morgan fingerprint density at radius 3 is 2.11 bits per heavy atom. The first-order chi connectivity index (χ1) is 16.5. The molecule has 0 bridgehead atoms. The van der Waals surface area contributed by atoms with Crippen LogP contribution in [-0.2, 0) is 16.6 Å². The van der Waals surface area contributed by atoms with Gasteiger partial charge in [-0.05, 0) is 98.8 Å². The lowest BCUT2D eigenvalue weighted by molar-refractivity contribution is 0.0939. The molecule has 7 heteroatoms. The van der Waals surface area contributed by atoms with Gasteiger partial charge in [-0.2, -0.15) is 0 Å². The second kappa shape index (κ2) is 11.0. The van der Waals surface area contributed by atoms with Crippen molar-refractivity contribution in [3.05, 3.63) is 94.0 Å². The van der Waals surface area contributed by atoms with Crippen molar-refractivity contribution in [1.29, 1.82) is 0 Å². The highest BCUT2D eigenvalue weighted by Gasteiger charge is 2.19. The van der Waals surface area contributed by atoms with Gasteiger partial charge in [0.25, 0.3) is 5.91 Å². The van der Waals surface area contributed by atoms with E-state index in [0.717, 1.165) is 16.7 Å².